The average molecular weight is 639 g/mol. The number of anilines is 2. The van der Waals surface area contributed by atoms with Crippen LogP contribution in [0, 0.1) is 0 Å². The van der Waals surface area contributed by atoms with Crippen LogP contribution < -0.4 is 21.3 Å². The van der Waals surface area contributed by atoms with Crippen molar-refractivity contribution in [3.63, 3.8) is 0 Å². The summed E-state index contributed by atoms with van der Waals surface area (Å²) in [7, 11) is 0. The van der Waals surface area contributed by atoms with Crippen LogP contribution in [0.5, 0.6) is 0 Å². The molecule has 0 bridgehead atoms. The number of aromatic nitrogens is 3. The summed E-state index contributed by atoms with van der Waals surface area (Å²) in [5, 5.41) is 35.2. The van der Waals surface area contributed by atoms with Crippen LogP contribution in [0.15, 0.2) is 60.8 Å². The highest BCUT2D eigenvalue weighted by molar-refractivity contribution is 6.40. The van der Waals surface area contributed by atoms with Crippen LogP contribution in [-0.4, -0.2) is 63.1 Å². The Kier molecular flexibility index (Phi) is 10.6. The SMILES string of the molecule is O=C(Nc1cccc(-c2cccc(NC(=O)c3cc4n(n3)CCC[C@H]4NCCO)c2Cl)c1Cl)c1ccc(CNCCO)cn1. The average Bonchev–Trinajstić information content (AvgIpc) is 3.48. The molecule has 2 aromatic carbocycles. The topological polar surface area (TPSA) is 153 Å². The first-order valence-corrected chi connectivity index (χ1v) is 15.0. The maximum Gasteiger partial charge on any atom is 0.276 e. The fourth-order valence-electron chi connectivity index (χ4n) is 5.06. The number of aryl methyl sites for hydroxylation is 1. The van der Waals surface area contributed by atoms with Crippen LogP contribution >= 0.6 is 23.2 Å². The summed E-state index contributed by atoms with van der Waals surface area (Å²) in [4.78, 5) is 30.4. The fraction of sp³-hybridized carbons (Fsp3) is 0.290. The first-order valence-electron chi connectivity index (χ1n) is 14.3. The number of hydrogen-bond donors (Lipinski definition) is 6. The number of amides is 2. The maximum atomic E-state index is 13.2. The molecule has 2 aromatic heterocycles. The van der Waals surface area contributed by atoms with E-state index >= 15 is 0 Å². The van der Waals surface area contributed by atoms with Gasteiger partial charge in [0.15, 0.2) is 5.69 Å². The minimum absolute atomic E-state index is 0.0154. The van der Waals surface area contributed by atoms with Gasteiger partial charge in [0.2, 0.25) is 0 Å². The smallest absolute Gasteiger partial charge is 0.276 e. The zero-order chi connectivity index (χ0) is 31.1. The lowest BCUT2D eigenvalue weighted by Crippen LogP contribution is -2.29. The lowest BCUT2D eigenvalue weighted by atomic mass is 10.0. The molecule has 0 saturated heterocycles. The second-order valence-corrected chi connectivity index (χ2v) is 11.0. The molecule has 0 saturated carbocycles. The number of pyridine rings is 1. The third-order valence-corrected chi connectivity index (χ3v) is 8.04. The number of aliphatic hydroxyl groups is 2. The molecule has 0 spiro atoms. The summed E-state index contributed by atoms with van der Waals surface area (Å²) in [6.07, 6.45) is 3.41. The summed E-state index contributed by atoms with van der Waals surface area (Å²) in [5.74, 6) is -0.829. The van der Waals surface area contributed by atoms with Gasteiger partial charge in [-0.05, 0) is 42.7 Å². The van der Waals surface area contributed by atoms with Gasteiger partial charge in [0.1, 0.15) is 5.69 Å². The van der Waals surface area contributed by atoms with E-state index in [2.05, 4.69) is 31.3 Å². The lowest BCUT2D eigenvalue weighted by Gasteiger charge is -2.24. The number of carbonyl (C=O) groups excluding carboxylic acids is 2. The summed E-state index contributed by atoms with van der Waals surface area (Å²) >= 11 is 13.6. The van der Waals surface area contributed by atoms with Gasteiger partial charge in [0, 0.05) is 49.5 Å². The van der Waals surface area contributed by atoms with Gasteiger partial charge < -0.3 is 31.5 Å². The van der Waals surface area contributed by atoms with Gasteiger partial charge in [-0.25, -0.2) is 0 Å². The number of carbonyl (C=O) groups is 2. The summed E-state index contributed by atoms with van der Waals surface area (Å²) in [6, 6.07) is 15.6. The van der Waals surface area contributed by atoms with Gasteiger partial charge in [-0.2, -0.15) is 5.10 Å². The number of rotatable bonds is 12. The predicted molar refractivity (Wildman–Crippen MR) is 170 cm³/mol. The first-order chi connectivity index (χ1) is 21.4. The van der Waals surface area contributed by atoms with E-state index in [-0.39, 0.29) is 40.7 Å². The fourth-order valence-corrected chi connectivity index (χ4v) is 5.61. The molecule has 0 aliphatic carbocycles. The van der Waals surface area contributed by atoms with E-state index in [4.69, 9.17) is 28.3 Å². The van der Waals surface area contributed by atoms with Crippen LogP contribution in [0.1, 0.15) is 51.1 Å². The minimum atomic E-state index is -0.428. The monoisotopic (exact) mass is 637 g/mol. The molecule has 11 nitrogen and oxygen atoms in total. The predicted octanol–water partition coefficient (Wildman–Crippen LogP) is 4.26. The molecule has 1 aliphatic heterocycles. The largest absolute Gasteiger partial charge is 0.395 e. The van der Waals surface area contributed by atoms with Crippen molar-refractivity contribution in [1.82, 2.24) is 25.4 Å². The van der Waals surface area contributed by atoms with Crippen LogP contribution in [0.3, 0.4) is 0 Å². The number of aliphatic hydroxyl groups excluding tert-OH is 2. The highest BCUT2D eigenvalue weighted by atomic mass is 35.5. The molecule has 230 valence electrons. The van der Waals surface area contributed by atoms with Crippen molar-refractivity contribution < 1.29 is 19.8 Å². The first kappa shape index (κ1) is 31.6. The Morgan fingerprint density at radius 2 is 1.55 bits per heavy atom. The lowest BCUT2D eigenvalue weighted by molar-refractivity contribution is 0.101. The van der Waals surface area contributed by atoms with E-state index in [0.717, 1.165) is 24.1 Å². The van der Waals surface area contributed by atoms with Crippen molar-refractivity contribution in [3.8, 4) is 11.1 Å². The van der Waals surface area contributed by atoms with Gasteiger partial charge in [0.25, 0.3) is 11.8 Å². The molecular weight excluding hydrogens is 605 g/mol. The van der Waals surface area contributed by atoms with Gasteiger partial charge in [-0.3, -0.25) is 19.3 Å². The van der Waals surface area contributed by atoms with E-state index in [1.165, 1.54) is 0 Å². The zero-order valence-corrected chi connectivity index (χ0v) is 25.3. The Labute approximate surface area is 264 Å². The van der Waals surface area contributed by atoms with Crippen molar-refractivity contribution in [2.24, 2.45) is 0 Å². The molecule has 6 N–H and O–H groups in total. The maximum absolute atomic E-state index is 13.2. The number of fused-ring (bicyclic) bond motifs is 1. The number of halogens is 2. The Morgan fingerprint density at radius 3 is 2.16 bits per heavy atom. The standard InChI is InChI=1S/C31H33Cl2N7O4/c32-28-20(4-1-6-23(28)37-30(43)25-10-9-19(18-36-25)17-34-11-14-41)21-5-2-7-24(29(21)33)38-31(44)26-16-27-22(35-12-15-42)8-3-13-40(27)39-26/h1-2,4-7,9-10,16,18,22,34-35,41-42H,3,8,11-15,17H2,(H,37,43)(H,38,44)/t22-/m1/s1. The number of hydrogen-bond acceptors (Lipinski definition) is 8. The Bertz CT molecular complexity index is 1630. The molecule has 0 fully saturated rings. The molecule has 4 aromatic rings. The molecule has 1 atom stereocenters. The van der Waals surface area contributed by atoms with Crippen molar-refractivity contribution in [2.45, 2.75) is 32.0 Å². The number of benzene rings is 2. The van der Waals surface area contributed by atoms with Crippen LogP contribution in [-0.2, 0) is 13.1 Å². The number of nitrogens with one attached hydrogen (secondary N) is 4. The zero-order valence-electron chi connectivity index (χ0n) is 23.8. The van der Waals surface area contributed by atoms with Crippen LogP contribution in [0.2, 0.25) is 10.0 Å². The van der Waals surface area contributed by atoms with Crippen LogP contribution in [0.4, 0.5) is 11.4 Å². The molecule has 0 unspecified atom stereocenters. The van der Waals surface area contributed by atoms with Crippen molar-refractivity contribution >= 4 is 46.4 Å². The third kappa shape index (κ3) is 7.27. The molecule has 44 heavy (non-hydrogen) atoms. The second kappa shape index (κ2) is 14.8. The van der Waals surface area contributed by atoms with Crippen molar-refractivity contribution in [1.29, 1.82) is 0 Å². The van der Waals surface area contributed by atoms with Gasteiger partial charge in [0.05, 0.1) is 40.3 Å². The molecule has 3 heterocycles. The second-order valence-electron chi connectivity index (χ2n) is 10.2. The van der Waals surface area contributed by atoms with Gasteiger partial charge in [-0.15, -0.1) is 0 Å². The van der Waals surface area contributed by atoms with E-state index in [0.29, 0.717) is 48.7 Å². The summed E-state index contributed by atoms with van der Waals surface area (Å²) < 4.78 is 1.82. The molecule has 1 aliphatic rings. The van der Waals surface area contributed by atoms with E-state index in [9.17, 15) is 14.7 Å². The normalized spacial score (nSPS) is 14.2. The highest BCUT2D eigenvalue weighted by Crippen LogP contribution is 2.40. The van der Waals surface area contributed by atoms with Crippen molar-refractivity contribution in [2.75, 3.05) is 36.9 Å². The van der Waals surface area contributed by atoms with Gasteiger partial charge >= 0.3 is 0 Å². The molecule has 13 heteroatoms. The minimum Gasteiger partial charge on any atom is -0.395 e. The molecule has 5 rings (SSSR count). The van der Waals surface area contributed by atoms with E-state index < -0.39 is 11.8 Å². The molecule has 0 radical (unpaired) electrons. The Hall–Kier alpha value is -3.84. The van der Waals surface area contributed by atoms with E-state index in [1.54, 1.807) is 60.8 Å². The van der Waals surface area contributed by atoms with E-state index in [1.807, 2.05) is 4.68 Å². The highest BCUT2D eigenvalue weighted by Gasteiger charge is 2.25. The number of nitrogens with zero attached hydrogens (tertiary/aromatic N) is 3. The summed E-state index contributed by atoms with van der Waals surface area (Å²) in [5.41, 5.74) is 4.17. The molecule has 2 amide bonds. The Morgan fingerprint density at radius 1 is 0.886 bits per heavy atom. The van der Waals surface area contributed by atoms with Crippen molar-refractivity contribution in [3.05, 3.63) is 93.5 Å². The third-order valence-electron chi connectivity index (χ3n) is 7.23. The Balaban J connectivity index is 1.31. The van der Waals surface area contributed by atoms with Gasteiger partial charge in [-0.1, -0.05) is 53.5 Å². The molecular formula is C31H33Cl2N7O4. The quantitative estimate of drug-likeness (QED) is 0.126. The van der Waals surface area contributed by atoms with Crippen LogP contribution in [0.25, 0.3) is 11.1 Å². The summed E-state index contributed by atoms with van der Waals surface area (Å²) in [6.45, 7) is 2.23.